The van der Waals surface area contributed by atoms with Crippen LogP contribution in [0.2, 0.25) is 0 Å². The Morgan fingerprint density at radius 3 is 2.00 bits per heavy atom. The smallest absolute Gasteiger partial charge is 0.333 e. The Kier molecular flexibility index (Phi) is 13.4. The van der Waals surface area contributed by atoms with Crippen molar-refractivity contribution in [3.05, 3.63) is 59.7 Å². The first kappa shape index (κ1) is 30.3. The maximum Gasteiger partial charge on any atom is 0.333 e. The number of nitrogens with zero attached hydrogens (tertiary/aromatic N) is 1. The zero-order chi connectivity index (χ0) is 27.8. The lowest BCUT2D eigenvalue weighted by molar-refractivity contribution is -0.139. The summed E-state index contributed by atoms with van der Waals surface area (Å²) >= 11 is 0. The van der Waals surface area contributed by atoms with Crippen molar-refractivity contribution in [1.29, 1.82) is 5.26 Å². The molecule has 2 aromatic carbocycles. The second kappa shape index (κ2) is 16.8. The summed E-state index contributed by atoms with van der Waals surface area (Å²) in [6.07, 6.45) is 9.21. The molecule has 0 saturated carbocycles. The molecule has 0 aliphatic rings. The number of allylic oxidation sites excluding steroid dienone is 1. The van der Waals surface area contributed by atoms with E-state index in [1.165, 1.54) is 0 Å². The van der Waals surface area contributed by atoms with Gasteiger partial charge in [0, 0.05) is 5.57 Å². The molecule has 0 amide bonds. The molecule has 0 N–H and O–H groups in total. The van der Waals surface area contributed by atoms with Gasteiger partial charge in [-0.2, -0.15) is 5.26 Å². The predicted molar refractivity (Wildman–Crippen MR) is 150 cm³/mol. The fraction of sp³-hybridized carbons (Fsp3) is 0.419. The molecule has 0 aliphatic heterocycles. The summed E-state index contributed by atoms with van der Waals surface area (Å²) < 4.78 is 27.2. The minimum atomic E-state index is -0.311. The number of carbonyl (C=O) groups excluding carboxylic acids is 1. The summed E-state index contributed by atoms with van der Waals surface area (Å²) in [7, 11) is 4.75. The largest absolute Gasteiger partial charge is 0.493 e. The summed E-state index contributed by atoms with van der Waals surface area (Å²) in [5.74, 6) is 2.16. The Hall–Kier alpha value is -3.92. The second-order valence-electron chi connectivity index (χ2n) is 8.89. The van der Waals surface area contributed by atoms with Gasteiger partial charge in [-0.25, -0.2) is 4.79 Å². The number of nitriles is 1. The third-order valence-electron chi connectivity index (χ3n) is 5.94. The van der Waals surface area contributed by atoms with Gasteiger partial charge in [-0.3, -0.25) is 0 Å². The number of esters is 1. The van der Waals surface area contributed by atoms with E-state index >= 15 is 0 Å². The van der Waals surface area contributed by atoms with Crippen LogP contribution in [-0.2, 0) is 9.53 Å². The third-order valence-corrected chi connectivity index (χ3v) is 5.94. The molecule has 204 valence electrons. The average molecular weight is 522 g/mol. The van der Waals surface area contributed by atoms with Crippen LogP contribution in [0.4, 0.5) is 0 Å². The van der Waals surface area contributed by atoms with Gasteiger partial charge in [0.1, 0.15) is 0 Å². The molecule has 0 atom stereocenters. The van der Waals surface area contributed by atoms with Crippen molar-refractivity contribution < 1.29 is 28.5 Å². The van der Waals surface area contributed by atoms with E-state index in [0.717, 1.165) is 56.1 Å². The Labute approximate surface area is 226 Å². The summed E-state index contributed by atoms with van der Waals surface area (Å²) in [5.41, 5.74) is 2.50. The first-order valence-electron chi connectivity index (χ1n) is 12.9. The van der Waals surface area contributed by atoms with Gasteiger partial charge in [-0.15, -0.1) is 0 Å². The second-order valence-corrected chi connectivity index (χ2v) is 8.89. The Morgan fingerprint density at radius 2 is 1.39 bits per heavy atom. The molecule has 2 rings (SSSR count). The first-order chi connectivity index (χ1) is 18.4. The van der Waals surface area contributed by atoms with Crippen LogP contribution in [0, 0.1) is 11.3 Å². The highest BCUT2D eigenvalue weighted by atomic mass is 16.5. The number of methoxy groups -OCH3 is 3. The van der Waals surface area contributed by atoms with Crippen molar-refractivity contribution in [3.8, 4) is 29.1 Å². The van der Waals surface area contributed by atoms with Crippen LogP contribution in [0.1, 0.15) is 63.0 Å². The Morgan fingerprint density at radius 1 is 0.816 bits per heavy atom. The number of ether oxygens (including phenoxy) is 5. The van der Waals surface area contributed by atoms with E-state index in [4.69, 9.17) is 23.7 Å². The average Bonchev–Trinajstić information content (AvgIpc) is 2.94. The molecule has 7 heteroatoms. The van der Waals surface area contributed by atoms with Gasteiger partial charge in [-0.1, -0.05) is 44.7 Å². The molecule has 0 radical (unpaired) electrons. The van der Waals surface area contributed by atoms with Gasteiger partial charge in [0.2, 0.25) is 0 Å². The highest BCUT2D eigenvalue weighted by Crippen LogP contribution is 2.33. The van der Waals surface area contributed by atoms with Crippen LogP contribution in [0.3, 0.4) is 0 Å². The van der Waals surface area contributed by atoms with Crippen LogP contribution in [0.5, 0.6) is 23.0 Å². The molecule has 0 aromatic heterocycles. The maximum atomic E-state index is 11.3. The standard InChI is InChI=1S/C31H39NO6/c1-23(2)31(33)38-18-12-10-8-6-7-9-11-17-37-28-15-13-24(20-29(28)35-4)19-26(22-32)25-14-16-27(34-3)30(21-25)36-5/h13-16,19-21H,1,6-12,17-18H2,2-5H3/b26-19+. The summed E-state index contributed by atoms with van der Waals surface area (Å²) in [4.78, 5) is 11.3. The summed E-state index contributed by atoms with van der Waals surface area (Å²) in [6.45, 7) is 6.30. The summed E-state index contributed by atoms with van der Waals surface area (Å²) in [5, 5.41) is 9.74. The quantitative estimate of drug-likeness (QED) is 0.0728. The van der Waals surface area contributed by atoms with Crippen molar-refractivity contribution in [3.63, 3.8) is 0 Å². The fourth-order valence-corrected chi connectivity index (χ4v) is 3.80. The van der Waals surface area contributed by atoms with Gasteiger partial charge >= 0.3 is 5.97 Å². The predicted octanol–water partition coefficient (Wildman–Crippen LogP) is 7.01. The number of hydrogen-bond acceptors (Lipinski definition) is 7. The number of carbonyl (C=O) groups is 1. The molecular weight excluding hydrogens is 482 g/mol. The highest BCUT2D eigenvalue weighted by molar-refractivity contribution is 5.90. The zero-order valence-corrected chi connectivity index (χ0v) is 23.0. The van der Waals surface area contributed by atoms with Gasteiger partial charge in [-0.05, 0) is 67.3 Å². The number of unbranched alkanes of at least 4 members (excludes halogenated alkanes) is 6. The first-order valence-corrected chi connectivity index (χ1v) is 12.9. The lowest BCUT2D eigenvalue weighted by Crippen LogP contribution is -2.06. The van der Waals surface area contributed by atoms with Crippen molar-refractivity contribution in [2.45, 2.75) is 51.9 Å². The molecule has 0 spiro atoms. The molecule has 0 aliphatic carbocycles. The molecule has 2 aromatic rings. The molecule has 7 nitrogen and oxygen atoms in total. The fourth-order valence-electron chi connectivity index (χ4n) is 3.80. The SMILES string of the molecule is C=C(C)C(=O)OCCCCCCCCCOc1ccc(/C=C(\C#N)c2ccc(OC)c(OC)c2)cc1OC. The minimum Gasteiger partial charge on any atom is -0.493 e. The van der Waals surface area contributed by atoms with E-state index in [1.54, 1.807) is 46.5 Å². The van der Waals surface area contributed by atoms with Crippen LogP contribution >= 0.6 is 0 Å². The summed E-state index contributed by atoms with van der Waals surface area (Å²) in [6, 6.07) is 13.3. The molecule has 0 unspecified atom stereocenters. The van der Waals surface area contributed by atoms with E-state index in [0.29, 0.717) is 47.4 Å². The van der Waals surface area contributed by atoms with Gasteiger partial charge in [0.15, 0.2) is 23.0 Å². The number of hydrogen-bond donors (Lipinski definition) is 0. The molecule has 0 saturated heterocycles. The van der Waals surface area contributed by atoms with E-state index in [2.05, 4.69) is 12.6 Å². The van der Waals surface area contributed by atoms with Crippen LogP contribution in [0.15, 0.2) is 48.6 Å². The van der Waals surface area contributed by atoms with Crippen molar-refractivity contribution in [1.82, 2.24) is 0 Å². The number of rotatable bonds is 17. The monoisotopic (exact) mass is 521 g/mol. The molecule has 0 bridgehead atoms. The molecule has 0 heterocycles. The maximum absolute atomic E-state index is 11.3. The lowest BCUT2D eigenvalue weighted by atomic mass is 10.0. The lowest BCUT2D eigenvalue weighted by Gasteiger charge is -2.12. The van der Waals surface area contributed by atoms with Gasteiger partial charge in [0.05, 0.1) is 46.2 Å². The molecule has 0 fully saturated rings. The zero-order valence-electron chi connectivity index (χ0n) is 23.0. The van der Waals surface area contributed by atoms with Gasteiger partial charge < -0.3 is 23.7 Å². The highest BCUT2D eigenvalue weighted by Gasteiger charge is 2.10. The molecular formula is C31H39NO6. The van der Waals surface area contributed by atoms with E-state index in [1.807, 2.05) is 24.3 Å². The van der Waals surface area contributed by atoms with E-state index in [-0.39, 0.29) is 5.97 Å². The van der Waals surface area contributed by atoms with Crippen LogP contribution < -0.4 is 18.9 Å². The topological polar surface area (TPSA) is 87.0 Å². The Bertz CT molecular complexity index is 1130. The Balaban J connectivity index is 1.80. The van der Waals surface area contributed by atoms with Crippen LogP contribution in [-0.4, -0.2) is 40.5 Å². The third kappa shape index (κ3) is 9.85. The number of benzene rings is 2. The minimum absolute atomic E-state index is 0.311. The van der Waals surface area contributed by atoms with Gasteiger partial charge in [0.25, 0.3) is 0 Å². The van der Waals surface area contributed by atoms with E-state index < -0.39 is 0 Å². The normalized spacial score (nSPS) is 10.9. The molecule has 38 heavy (non-hydrogen) atoms. The van der Waals surface area contributed by atoms with Crippen LogP contribution in [0.25, 0.3) is 11.6 Å². The van der Waals surface area contributed by atoms with Crippen molar-refractivity contribution >= 4 is 17.6 Å². The van der Waals surface area contributed by atoms with Crippen molar-refractivity contribution in [2.24, 2.45) is 0 Å². The van der Waals surface area contributed by atoms with Crippen molar-refractivity contribution in [2.75, 3.05) is 34.5 Å². The van der Waals surface area contributed by atoms with E-state index in [9.17, 15) is 10.1 Å².